The second-order valence-electron chi connectivity index (χ2n) is 13.1. The van der Waals surface area contributed by atoms with Gasteiger partial charge in [-0.05, 0) is 88.1 Å². The third-order valence-corrected chi connectivity index (χ3v) is 11.1. The number of benzene rings is 4. The minimum absolute atomic E-state index is 0.00662. The van der Waals surface area contributed by atoms with Gasteiger partial charge in [0.1, 0.15) is 0 Å². The maximum Gasteiger partial charge on any atom is 0.251 e. The van der Waals surface area contributed by atoms with Crippen LogP contribution >= 0.6 is 19.4 Å². The molecular formula is C39H47Cl2N4O4RuS-. The number of ether oxygens (including phenoxy) is 1. The van der Waals surface area contributed by atoms with Gasteiger partial charge in [0.25, 0.3) is 5.91 Å². The molecule has 51 heavy (non-hydrogen) atoms. The van der Waals surface area contributed by atoms with Crippen LogP contribution in [-0.2, 0) is 23.5 Å². The van der Waals surface area contributed by atoms with Crippen molar-refractivity contribution in [3.63, 3.8) is 0 Å². The van der Waals surface area contributed by atoms with Crippen LogP contribution in [0.2, 0.25) is 0 Å². The number of rotatable bonds is 9. The molecule has 1 aliphatic heterocycles. The van der Waals surface area contributed by atoms with Crippen molar-refractivity contribution in [2.75, 3.05) is 22.9 Å². The Kier molecular flexibility index (Phi) is 13.9. The minimum Gasteiger partial charge on any atom is -0.501 e. The number of amides is 1. The summed E-state index contributed by atoms with van der Waals surface area (Å²) in [5.41, 5.74) is 10.9. The SMILES string of the molecule is CC(C)Oc1ccccc1[CH]=[Ru]([Cl])[Cl].Cc1cc(C)c(N2[CH-]N(c3c(C)cc(C)cc3C)C(CNC(=O)c3ccc(S(N)(=O)=O)cc3)C2)c(C)c1. The van der Waals surface area contributed by atoms with Crippen LogP contribution in [0.1, 0.15) is 63.1 Å². The zero-order valence-corrected chi connectivity index (χ0v) is 34.3. The molecule has 4 aromatic rings. The number of hydrogen-bond acceptors (Lipinski definition) is 6. The number of para-hydroxylation sites is 1. The first-order valence-electron chi connectivity index (χ1n) is 16.5. The van der Waals surface area contributed by atoms with Crippen LogP contribution in [0.5, 0.6) is 5.75 Å². The van der Waals surface area contributed by atoms with E-state index < -0.39 is 23.5 Å². The molecule has 0 saturated carbocycles. The molecule has 1 amide bonds. The largest absolute Gasteiger partial charge is 0.501 e. The van der Waals surface area contributed by atoms with Gasteiger partial charge in [-0.2, -0.15) is 6.67 Å². The zero-order chi connectivity index (χ0) is 37.6. The topological polar surface area (TPSA) is 105 Å². The van der Waals surface area contributed by atoms with Gasteiger partial charge in [-0.1, -0.05) is 35.4 Å². The van der Waals surface area contributed by atoms with E-state index in [9.17, 15) is 13.2 Å². The first kappa shape index (κ1) is 40.5. The second kappa shape index (κ2) is 17.5. The molecule has 1 atom stereocenters. The van der Waals surface area contributed by atoms with Crippen molar-refractivity contribution >= 4 is 51.3 Å². The van der Waals surface area contributed by atoms with Gasteiger partial charge in [-0.15, -0.1) is 0 Å². The van der Waals surface area contributed by atoms with Gasteiger partial charge in [-0.25, -0.2) is 13.6 Å². The molecule has 0 bridgehead atoms. The predicted octanol–water partition coefficient (Wildman–Crippen LogP) is 7.98. The molecule has 4 aromatic carbocycles. The summed E-state index contributed by atoms with van der Waals surface area (Å²) < 4.78 is 30.6. The van der Waals surface area contributed by atoms with Crippen LogP contribution < -0.4 is 25.0 Å². The monoisotopic (exact) mass is 839 g/mol. The molecule has 3 N–H and O–H groups in total. The molecule has 1 saturated heterocycles. The van der Waals surface area contributed by atoms with E-state index >= 15 is 0 Å². The van der Waals surface area contributed by atoms with E-state index in [4.69, 9.17) is 29.3 Å². The Morgan fingerprint density at radius 3 is 1.96 bits per heavy atom. The number of carbonyl (C=O) groups excluding carboxylic acids is 1. The number of primary sulfonamides is 1. The number of hydrogen-bond donors (Lipinski definition) is 2. The molecule has 1 aliphatic rings. The van der Waals surface area contributed by atoms with E-state index in [1.165, 1.54) is 63.3 Å². The third-order valence-electron chi connectivity index (χ3n) is 8.29. The first-order chi connectivity index (χ1) is 23.9. The van der Waals surface area contributed by atoms with Crippen molar-refractivity contribution in [3.05, 3.63) is 124 Å². The summed E-state index contributed by atoms with van der Waals surface area (Å²) >= 11 is -1.77. The standard InChI is InChI=1S/C29H35N4O3S.C10H12O.2ClH.Ru/c1-18-11-20(3)27(21(4)12-18)32-16-25(33(17-32)28-22(5)13-19(2)14-23(28)6)15-31-29(34)24-7-9-26(10-8-24)37(30,35)36;1-8(2)11-10-7-5-4-6-9(10)3;;;/h7-14,17,25H,15-16H2,1-6H3,(H,31,34)(H2,30,35,36);3-8H,1-2H3;2*1H;/q-1;;;;+2/p-2. The number of sulfonamides is 1. The molecule has 0 aromatic heterocycles. The molecule has 1 heterocycles. The van der Waals surface area contributed by atoms with E-state index in [0.29, 0.717) is 18.7 Å². The molecule has 0 radical (unpaired) electrons. The molecule has 1 unspecified atom stereocenters. The Morgan fingerprint density at radius 1 is 0.922 bits per heavy atom. The predicted molar refractivity (Wildman–Crippen MR) is 208 cm³/mol. The molecule has 1 fully saturated rings. The maximum absolute atomic E-state index is 12.9. The van der Waals surface area contributed by atoms with Crippen molar-refractivity contribution in [1.29, 1.82) is 0 Å². The van der Waals surface area contributed by atoms with Gasteiger partial charge >= 0.3 is 97.8 Å². The normalized spacial score (nSPS) is 14.6. The average molecular weight is 840 g/mol. The van der Waals surface area contributed by atoms with Gasteiger partial charge < -0.3 is 15.1 Å². The minimum atomic E-state index is -3.81. The number of carbonyl (C=O) groups is 1. The van der Waals surface area contributed by atoms with Crippen molar-refractivity contribution in [1.82, 2.24) is 5.32 Å². The molecule has 0 spiro atoms. The van der Waals surface area contributed by atoms with Gasteiger partial charge in [0, 0.05) is 36.1 Å². The van der Waals surface area contributed by atoms with E-state index in [1.807, 2.05) is 42.7 Å². The van der Waals surface area contributed by atoms with E-state index in [0.717, 1.165) is 17.0 Å². The van der Waals surface area contributed by atoms with E-state index in [1.54, 1.807) is 0 Å². The van der Waals surface area contributed by atoms with Crippen LogP contribution in [0.15, 0.2) is 77.7 Å². The van der Waals surface area contributed by atoms with Crippen LogP contribution in [0, 0.1) is 48.2 Å². The van der Waals surface area contributed by atoms with Crippen LogP contribution in [0.3, 0.4) is 0 Å². The van der Waals surface area contributed by atoms with Crippen LogP contribution in [-0.4, -0.2) is 44.2 Å². The fourth-order valence-electron chi connectivity index (χ4n) is 6.48. The van der Waals surface area contributed by atoms with Gasteiger partial charge in [0.05, 0.1) is 4.90 Å². The molecular weight excluding hydrogens is 792 g/mol. The van der Waals surface area contributed by atoms with Crippen molar-refractivity contribution in [2.45, 2.75) is 72.4 Å². The van der Waals surface area contributed by atoms with Crippen LogP contribution in [0.4, 0.5) is 11.4 Å². The third kappa shape index (κ3) is 10.9. The Balaban J connectivity index is 0.000000349. The number of nitrogens with zero attached hydrogens (tertiary/aromatic N) is 2. The Hall–Kier alpha value is -3.27. The molecule has 276 valence electrons. The Labute approximate surface area is 316 Å². The summed E-state index contributed by atoms with van der Waals surface area (Å²) in [6, 6.07) is 22.2. The number of nitrogens with two attached hydrogens (primary N) is 1. The van der Waals surface area contributed by atoms with Gasteiger partial charge in [0.15, 0.2) is 0 Å². The molecule has 8 nitrogen and oxygen atoms in total. The fraction of sp³-hybridized carbons (Fsp3) is 0.308. The summed E-state index contributed by atoms with van der Waals surface area (Å²) in [5.74, 6) is 0.585. The summed E-state index contributed by atoms with van der Waals surface area (Å²) in [5, 5.41) is 8.23. The summed E-state index contributed by atoms with van der Waals surface area (Å²) in [7, 11) is 7.83. The smallest absolute Gasteiger partial charge is 0.251 e. The number of aryl methyl sites for hydroxylation is 6. The van der Waals surface area contributed by atoms with Crippen molar-refractivity contribution in [2.24, 2.45) is 5.14 Å². The maximum atomic E-state index is 12.9. The molecule has 5 rings (SSSR count). The quantitative estimate of drug-likeness (QED) is 0.131. The van der Waals surface area contributed by atoms with Crippen molar-refractivity contribution < 1.29 is 31.5 Å². The summed E-state index contributed by atoms with van der Waals surface area (Å²) in [6.07, 6.45) is 0.163. The van der Waals surface area contributed by atoms with E-state index in [2.05, 4.69) is 87.6 Å². The summed E-state index contributed by atoms with van der Waals surface area (Å²) in [4.78, 5) is 17.5. The van der Waals surface area contributed by atoms with Crippen molar-refractivity contribution in [3.8, 4) is 5.75 Å². The first-order valence-corrected chi connectivity index (χ1v) is 23.5. The number of halogens is 2. The second-order valence-corrected chi connectivity index (χ2v) is 20.4. The number of nitrogens with one attached hydrogen (secondary N) is 1. The Morgan fingerprint density at radius 2 is 1.45 bits per heavy atom. The Bertz CT molecular complexity index is 1970. The van der Waals surface area contributed by atoms with Gasteiger partial charge in [0.2, 0.25) is 10.0 Å². The fourth-order valence-corrected chi connectivity index (χ4v) is 8.80. The zero-order valence-electron chi connectivity index (χ0n) is 30.3. The summed E-state index contributed by atoms with van der Waals surface area (Å²) in [6.45, 7) is 20.0. The van der Waals surface area contributed by atoms with E-state index in [-0.39, 0.29) is 22.9 Å². The van der Waals surface area contributed by atoms with Crippen LogP contribution in [0.25, 0.3) is 0 Å². The molecule has 0 aliphatic carbocycles. The average Bonchev–Trinajstić information content (AvgIpc) is 3.42. The van der Waals surface area contributed by atoms with Gasteiger partial charge in [-0.3, -0.25) is 4.79 Å². The number of anilines is 2. The molecule has 12 heteroatoms.